The van der Waals surface area contributed by atoms with Crippen molar-refractivity contribution in [3.63, 3.8) is 0 Å². The number of aliphatic hydroxyl groups excluding tert-OH is 3. The average Bonchev–Trinajstić information content (AvgIpc) is 2.99. The van der Waals surface area contributed by atoms with Gasteiger partial charge in [-0.05, 0) is 68.4 Å². The van der Waals surface area contributed by atoms with Crippen LogP contribution < -0.4 is 4.74 Å². The maximum absolute atomic E-state index is 10.6. The van der Waals surface area contributed by atoms with Crippen LogP contribution in [0.2, 0.25) is 0 Å². The third-order valence-electron chi connectivity index (χ3n) is 6.47. The summed E-state index contributed by atoms with van der Waals surface area (Å²) >= 11 is 0. The first-order chi connectivity index (χ1) is 14.4. The number of carboxylic acids is 1. The van der Waals surface area contributed by atoms with Gasteiger partial charge in [-0.15, -0.1) is 0 Å². The Kier molecular flexibility index (Phi) is 10.6. The summed E-state index contributed by atoms with van der Waals surface area (Å²) in [6.45, 7) is 0. The van der Waals surface area contributed by atoms with Crippen molar-refractivity contribution in [3.8, 4) is 5.75 Å². The zero-order chi connectivity index (χ0) is 21.9. The van der Waals surface area contributed by atoms with Crippen LogP contribution in [0.15, 0.2) is 24.3 Å². The molecule has 6 nitrogen and oxygen atoms in total. The van der Waals surface area contributed by atoms with E-state index in [-0.39, 0.29) is 18.3 Å². The van der Waals surface area contributed by atoms with Crippen molar-refractivity contribution in [2.24, 2.45) is 11.8 Å². The lowest BCUT2D eigenvalue weighted by atomic mass is 9.84. The van der Waals surface area contributed by atoms with E-state index in [0.717, 1.165) is 43.4 Å². The lowest BCUT2D eigenvalue weighted by molar-refractivity contribution is -0.137. The quantitative estimate of drug-likeness (QED) is 0.342. The summed E-state index contributed by atoms with van der Waals surface area (Å²) in [6.07, 6.45) is 6.14. The number of aliphatic hydroxyl groups is 3. The van der Waals surface area contributed by atoms with E-state index >= 15 is 0 Å². The van der Waals surface area contributed by atoms with Crippen LogP contribution in [0, 0.1) is 11.8 Å². The number of methoxy groups -OCH3 is 1. The van der Waals surface area contributed by atoms with Gasteiger partial charge in [0.25, 0.3) is 0 Å². The van der Waals surface area contributed by atoms with E-state index in [0.29, 0.717) is 32.1 Å². The van der Waals surface area contributed by atoms with Crippen LogP contribution in [0.25, 0.3) is 0 Å². The molecule has 1 aliphatic carbocycles. The number of aliphatic carboxylic acids is 1. The molecule has 6 heteroatoms. The second-order valence-corrected chi connectivity index (χ2v) is 8.63. The third-order valence-corrected chi connectivity index (χ3v) is 6.47. The van der Waals surface area contributed by atoms with Gasteiger partial charge >= 0.3 is 5.97 Å². The van der Waals surface area contributed by atoms with E-state index in [1.807, 2.05) is 24.3 Å². The molecule has 1 fully saturated rings. The van der Waals surface area contributed by atoms with Crippen LogP contribution in [0.5, 0.6) is 5.75 Å². The second kappa shape index (κ2) is 12.9. The highest BCUT2D eigenvalue weighted by Crippen LogP contribution is 2.39. The van der Waals surface area contributed by atoms with E-state index in [1.54, 1.807) is 7.11 Å². The summed E-state index contributed by atoms with van der Waals surface area (Å²) in [7, 11) is 1.65. The Bertz CT molecular complexity index is 634. The summed E-state index contributed by atoms with van der Waals surface area (Å²) in [5.74, 6) is 0.150. The molecule has 170 valence electrons. The van der Waals surface area contributed by atoms with Crippen LogP contribution in [0.4, 0.5) is 0 Å². The Morgan fingerprint density at radius 2 is 1.70 bits per heavy atom. The standard InChI is InChI=1S/C24H38O6/c1-30-23-10-7-6-8-17(23)12-13-18(25)14-15-20-19(21(26)16-22(20)27)9-4-2-3-5-11-24(28)29/h6-8,10,18-22,25-27H,2-5,9,11-16H2,1H3,(H,28,29). The zero-order valence-electron chi connectivity index (χ0n) is 18.1. The molecule has 5 unspecified atom stereocenters. The largest absolute Gasteiger partial charge is 0.496 e. The van der Waals surface area contributed by atoms with Gasteiger partial charge in [-0.25, -0.2) is 0 Å². The molecule has 0 spiro atoms. The van der Waals surface area contributed by atoms with Gasteiger partial charge in [-0.1, -0.05) is 37.5 Å². The minimum absolute atomic E-state index is 0.0138. The molecular weight excluding hydrogens is 384 g/mol. The van der Waals surface area contributed by atoms with Gasteiger partial charge in [0.15, 0.2) is 0 Å². The highest BCUT2D eigenvalue weighted by molar-refractivity contribution is 5.66. The molecule has 0 heterocycles. The molecule has 0 aliphatic heterocycles. The number of carboxylic acid groups (broad SMARTS) is 1. The fourth-order valence-electron chi connectivity index (χ4n) is 4.75. The summed E-state index contributed by atoms with van der Waals surface area (Å²) in [6, 6.07) is 7.82. The van der Waals surface area contributed by atoms with Crippen molar-refractivity contribution in [3.05, 3.63) is 29.8 Å². The fourth-order valence-corrected chi connectivity index (χ4v) is 4.75. The number of unbranched alkanes of at least 4 members (excludes halogenated alkanes) is 3. The van der Waals surface area contributed by atoms with Crippen molar-refractivity contribution in [1.82, 2.24) is 0 Å². The first-order valence-electron chi connectivity index (χ1n) is 11.3. The molecule has 1 aliphatic rings. The number of carbonyl (C=O) groups is 1. The molecule has 30 heavy (non-hydrogen) atoms. The Labute approximate surface area is 179 Å². The van der Waals surface area contributed by atoms with Gasteiger partial charge < -0.3 is 25.2 Å². The average molecular weight is 423 g/mol. The molecular formula is C24H38O6. The Morgan fingerprint density at radius 3 is 2.40 bits per heavy atom. The van der Waals surface area contributed by atoms with Crippen LogP contribution >= 0.6 is 0 Å². The smallest absolute Gasteiger partial charge is 0.303 e. The zero-order valence-corrected chi connectivity index (χ0v) is 18.1. The van der Waals surface area contributed by atoms with Gasteiger partial charge in [0.1, 0.15) is 5.75 Å². The third kappa shape index (κ3) is 7.89. The predicted octanol–water partition coefficient (Wildman–Crippen LogP) is 3.55. The number of benzene rings is 1. The van der Waals surface area contributed by atoms with Crippen LogP contribution in [0.3, 0.4) is 0 Å². The fraction of sp³-hybridized carbons (Fsp3) is 0.708. The van der Waals surface area contributed by atoms with Crippen molar-refractivity contribution < 1.29 is 30.0 Å². The predicted molar refractivity (Wildman–Crippen MR) is 116 cm³/mol. The normalized spacial score (nSPS) is 24.7. The van der Waals surface area contributed by atoms with Gasteiger partial charge in [0.05, 0.1) is 25.4 Å². The topological polar surface area (TPSA) is 107 Å². The molecule has 0 radical (unpaired) electrons. The molecule has 1 aromatic rings. The van der Waals surface area contributed by atoms with E-state index in [2.05, 4.69) is 0 Å². The number of hydrogen-bond acceptors (Lipinski definition) is 5. The minimum atomic E-state index is -0.756. The molecule has 0 amide bonds. The minimum Gasteiger partial charge on any atom is -0.496 e. The van der Waals surface area contributed by atoms with Gasteiger partial charge in [-0.2, -0.15) is 0 Å². The lowest BCUT2D eigenvalue weighted by Crippen LogP contribution is -2.24. The van der Waals surface area contributed by atoms with Crippen molar-refractivity contribution in [1.29, 1.82) is 0 Å². The number of hydrogen-bond donors (Lipinski definition) is 4. The summed E-state index contributed by atoms with van der Waals surface area (Å²) in [5, 5.41) is 39.9. The molecule has 0 saturated heterocycles. The second-order valence-electron chi connectivity index (χ2n) is 8.63. The molecule has 2 rings (SSSR count). The van der Waals surface area contributed by atoms with Crippen LogP contribution in [-0.2, 0) is 11.2 Å². The first-order valence-corrected chi connectivity index (χ1v) is 11.3. The van der Waals surface area contributed by atoms with E-state index in [1.165, 1.54) is 0 Å². The molecule has 0 aromatic heterocycles. The number of para-hydroxylation sites is 1. The SMILES string of the molecule is COc1ccccc1CCC(O)CCC1C(O)CC(O)C1CCCCCCC(=O)O. The van der Waals surface area contributed by atoms with Crippen molar-refractivity contribution in [2.75, 3.05) is 7.11 Å². The molecule has 4 N–H and O–H groups in total. The summed E-state index contributed by atoms with van der Waals surface area (Å²) < 4.78 is 5.36. The van der Waals surface area contributed by atoms with E-state index < -0.39 is 24.3 Å². The molecule has 5 atom stereocenters. The molecule has 1 aromatic carbocycles. The Morgan fingerprint density at radius 1 is 1.03 bits per heavy atom. The highest BCUT2D eigenvalue weighted by Gasteiger charge is 2.40. The van der Waals surface area contributed by atoms with Gasteiger partial charge in [0, 0.05) is 6.42 Å². The summed E-state index contributed by atoms with van der Waals surface area (Å²) in [5.41, 5.74) is 1.08. The maximum Gasteiger partial charge on any atom is 0.303 e. The number of ether oxygens (including phenoxy) is 1. The lowest BCUT2D eigenvalue weighted by Gasteiger charge is -2.24. The highest BCUT2D eigenvalue weighted by atomic mass is 16.5. The maximum atomic E-state index is 10.6. The molecule has 1 saturated carbocycles. The first kappa shape index (κ1) is 24.6. The van der Waals surface area contributed by atoms with Gasteiger partial charge in [-0.3, -0.25) is 4.79 Å². The number of aryl methyl sites for hydroxylation is 1. The monoisotopic (exact) mass is 422 g/mol. The Balaban J connectivity index is 1.73. The Hall–Kier alpha value is -1.63. The summed E-state index contributed by atoms with van der Waals surface area (Å²) in [4.78, 5) is 10.6. The van der Waals surface area contributed by atoms with E-state index in [9.17, 15) is 20.1 Å². The van der Waals surface area contributed by atoms with Crippen LogP contribution in [-0.4, -0.2) is 51.8 Å². The van der Waals surface area contributed by atoms with Crippen molar-refractivity contribution in [2.45, 2.75) is 88.9 Å². The van der Waals surface area contributed by atoms with Crippen LogP contribution in [0.1, 0.15) is 69.8 Å². The van der Waals surface area contributed by atoms with E-state index in [4.69, 9.17) is 9.84 Å². The van der Waals surface area contributed by atoms with Gasteiger partial charge in [0.2, 0.25) is 0 Å². The van der Waals surface area contributed by atoms with Crippen molar-refractivity contribution >= 4 is 5.97 Å². The number of rotatable bonds is 14. The molecule has 0 bridgehead atoms.